The molecule has 2 aromatic heterocycles. The zero-order valence-corrected chi connectivity index (χ0v) is 13.5. The van der Waals surface area contributed by atoms with Crippen LogP contribution in [-0.4, -0.2) is 43.1 Å². The van der Waals surface area contributed by atoms with Crippen molar-refractivity contribution in [3.63, 3.8) is 0 Å². The van der Waals surface area contributed by atoms with Gasteiger partial charge >= 0.3 is 0 Å². The van der Waals surface area contributed by atoms with Crippen LogP contribution in [-0.2, 0) is 0 Å². The van der Waals surface area contributed by atoms with Crippen molar-refractivity contribution in [1.82, 2.24) is 15.3 Å². The van der Waals surface area contributed by atoms with Crippen molar-refractivity contribution in [1.29, 1.82) is 0 Å². The van der Waals surface area contributed by atoms with Gasteiger partial charge in [-0.2, -0.15) is 0 Å². The molecular weight excluding hydrogens is 300 g/mol. The number of nitrogens with zero attached hydrogens (tertiary/aromatic N) is 3. The number of rotatable bonds is 8. The Balaban J connectivity index is 2.02. The van der Waals surface area contributed by atoms with E-state index in [0.717, 1.165) is 25.3 Å². The molecule has 0 radical (unpaired) electrons. The fourth-order valence-corrected chi connectivity index (χ4v) is 2.54. The summed E-state index contributed by atoms with van der Waals surface area (Å²) >= 11 is 1.21. The molecule has 0 spiro atoms. The molecule has 0 aromatic carbocycles. The SMILES string of the molecule is CNCCCN(C)c1cccc(Nc2ncc(C(N)=O)s2)n1. The molecule has 0 saturated heterocycles. The second-order valence-corrected chi connectivity index (χ2v) is 5.81. The van der Waals surface area contributed by atoms with Crippen molar-refractivity contribution in [2.45, 2.75) is 6.42 Å². The van der Waals surface area contributed by atoms with Gasteiger partial charge in [0.05, 0.1) is 6.20 Å². The summed E-state index contributed by atoms with van der Waals surface area (Å²) < 4.78 is 0. The zero-order valence-electron chi connectivity index (χ0n) is 12.7. The van der Waals surface area contributed by atoms with E-state index < -0.39 is 5.91 Å². The third-order valence-corrected chi connectivity index (χ3v) is 3.96. The maximum atomic E-state index is 11.1. The number of hydrogen-bond donors (Lipinski definition) is 3. The van der Waals surface area contributed by atoms with Crippen LogP contribution in [0.15, 0.2) is 24.4 Å². The number of primary amides is 1. The fraction of sp³-hybridized carbons (Fsp3) is 0.357. The average Bonchev–Trinajstić information content (AvgIpc) is 2.96. The van der Waals surface area contributed by atoms with Crippen LogP contribution in [0.5, 0.6) is 0 Å². The summed E-state index contributed by atoms with van der Waals surface area (Å²) in [5.41, 5.74) is 5.22. The van der Waals surface area contributed by atoms with Gasteiger partial charge in [-0.25, -0.2) is 9.97 Å². The molecule has 118 valence electrons. The molecular formula is C14H20N6OS. The van der Waals surface area contributed by atoms with Gasteiger partial charge in [0.1, 0.15) is 16.5 Å². The second kappa shape index (κ2) is 7.71. The van der Waals surface area contributed by atoms with E-state index in [-0.39, 0.29) is 0 Å². The number of anilines is 3. The number of hydrogen-bond acceptors (Lipinski definition) is 7. The van der Waals surface area contributed by atoms with Gasteiger partial charge in [0, 0.05) is 13.6 Å². The third kappa shape index (κ3) is 4.40. The van der Waals surface area contributed by atoms with Gasteiger partial charge in [0.25, 0.3) is 5.91 Å². The molecule has 0 saturated carbocycles. The van der Waals surface area contributed by atoms with Crippen LogP contribution in [0, 0.1) is 0 Å². The molecule has 0 aliphatic rings. The van der Waals surface area contributed by atoms with Crippen LogP contribution in [0.3, 0.4) is 0 Å². The largest absolute Gasteiger partial charge is 0.365 e. The van der Waals surface area contributed by atoms with Crippen LogP contribution in [0.2, 0.25) is 0 Å². The van der Waals surface area contributed by atoms with E-state index in [0.29, 0.717) is 15.8 Å². The Morgan fingerprint density at radius 2 is 2.27 bits per heavy atom. The van der Waals surface area contributed by atoms with E-state index in [9.17, 15) is 4.79 Å². The van der Waals surface area contributed by atoms with E-state index in [4.69, 9.17) is 5.73 Å². The molecule has 0 bridgehead atoms. The first-order valence-corrected chi connectivity index (χ1v) is 7.77. The van der Waals surface area contributed by atoms with Crippen molar-refractivity contribution < 1.29 is 4.79 Å². The van der Waals surface area contributed by atoms with Crippen molar-refractivity contribution >= 4 is 34.0 Å². The highest BCUT2D eigenvalue weighted by Gasteiger charge is 2.08. The lowest BCUT2D eigenvalue weighted by atomic mass is 10.3. The Kier molecular flexibility index (Phi) is 5.68. The predicted octanol–water partition coefficient (Wildman–Crippen LogP) is 1.43. The standard InChI is InChI=1S/C14H20N6OS/c1-16-7-4-8-20(2)12-6-3-5-11(18-12)19-14-17-9-10(22-14)13(15)21/h3,5-6,9,16H,4,7-8H2,1-2H3,(H2,15,21)(H,17,18,19). The van der Waals surface area contributed by atoms with Gasteiger partial charge in [-0.15, -0.1) is 0 Å². The summed E-state index contributed by atoms with van der Waals surface area (Å²) in [6, 6.07) is 5.75. The Bertz CT molecular complexity index is 629. The van der Waals surface area contributed by atoms with Gasteiger partial charge in [0.15, 0.2) is 5.13 Å². The molecule has 0 aliphatic heterocycles. The lowest BCUT2D eigenvalue weighted by Crippen LogP contribution is -2.23. The number of carbonyl (C=O) groups is 1. The Labute approximate surface area is 133 Å². The first-order valence-electron chi connectivity index (χ1n) is 6.95. The highest BCUT2D eigenvalue weighted by molar-refractivity contribution is 7.17. The van der Waals surface area contributed by atoms with Gasteiger partial charge in [-0.1, -0.05) is 17.4 Å². The quantitative estimate of drug-likeness (QED) is 0.637. The van der Waals surface area contributed by atoms with E-state index in [1.165, 1.54) is 17.5 Å². The molecule has 4 N–H and O–H groups in total. The van der Waals surface area contributed by atoms with Crippen molar-refractivity contribution in [2.24, 2.45) is 5.73 Å². The lowest BCUT2D eigenvalue weighted by Gasteiger charge is -2.18. The molecule has 2 heterocycles. The van der Waals surface area contributed by atoms with Gasteiger partial charge in [-0.05, 0) is 32.1 Å². The van der Waals surface area contributed by atoms with E-state index in [1.807, 2.05) is 32.3 Å². The highest BCUT2D eigenvalue weighted by atomic mass is 32.1. The molecule has 0 atom stereocenters. The number of aromatic nitrogens is 2. The molecule has 1 amide bonds. The fourth-order valence-electron chi connectivity index (χ4n) is 1.87. The molecule has 2 rings (SSSR count). The monoisotopic (exact) mass is 320 g/mol. The molecule has 22 heavy (non-hydrogen) atoms. The second-order valence-electron chi connectivity index (χ2n) is 4.78. The summed E-state index contributed by atoms with van der Waals surface area (Å²) in [5.74, 6) is 1.09. The summed E-state index contributed by atoms with van der Waals surface area (Å²) in [7, 11) is 3.95. The average molecular weight is 320 g/mol. The van der Waals surface area contributed by atoms with Crippen LogP contribution in [0.1, 0.15) is 16.1 Å². The Hall–Kier alpha value is -2.19. The summed E-state index contributed by atoms with van der Waals surface area (Å²) in [6.07, 6.45) is 2.50. The predicted molar refractivity (Wildman–Crippen MR) is 90.0 cm³/mol. The van der Waals surface area contributed by atoms with Crippen LogP contribution in [0.25, 0.3) is 0 Å². The number of nitrogens with two attached hydrogens (primary N) is 1. The summed E-state index contributed by atoms with van der Waals surface area (Å²) in [4.78, 5) is 22.2. The van der Waals surface area contributed by atoms with Gasteiger partial charge in [-0.3, -0.25) is 4.79 Å². The molecule has 0 aliphatic carbocycles. The van der Waals surface area contributed by atoms with Crippen molar-refractivity contribution in [2.75, 3.05) is 37.4 Å². The summed E-state index contributed by atoms with van der Waals surface area (Å²) in [5, 5.41) is 6.81. The first kappa shape index (κ1) is 16.2. The van der Waals surface area contributed by atoms with Crippen molar-refractivity contribution in [3.05, 3.63) is 29.3 Å². The highest BCUT2D eigenvalue weighted by Crippen LogP contribution is 2.22. The van der Waals surface area contributed by atoms with Crippen LogP contribution >= 0.6 is 11.3 Å². The smallest absolute Gasteiger partial charge is 0.260 e. The minimum atomic E-state index is -0.475. The molecule has 0 fully saturated rings. The molecule has 7 nitrogen and oxygen atoms in total. The van der Waals surface area contributed by atoms with E-state index >= 15 is 0 Å². The molecule has 2 aromatic rings. The lowest BCUT2D eigenvalue weighted by molar-refractivity contribution is 0.100. The topological polar surface area (TPSA) is 96.2 Å². The van der Waals surface area contributed by atoms with E-state index in [2.05, 4.69) is 25.5 Å². The number of amides is 1. The Morgan fingerprint density at radius 1 is 1.45 bits per heavy atom. The normalized spacial score (nSPS) is 10.5. The van der Waals surface area contributed by atoms with Crippen molar-refractivity contribution in [3.8, 4) is 0 Å². The third-order valence-electron chi connectivity index (χ3n) is 3.03. The maximum absolute atomic E-state index is 11.1. The number of pyridine rings is 1. The molecule has 0 unspecified atom stereocenters. The van der Waals surface area contributed by atoms with Crippen LogP contribution in [0.4, 0.5) is 16.8 Å². The number of nitrogens with one attached hydrogen (secondary N) is 2. The number of thiazole rings is 1. The first-order chi connectivity index (χ1) is 10.6. The Morgan fingerprint density at radius 3 is 2.95 bits per heavy atom. The minimum Gasteiger partial charge on any atom is -0.365 e. The maximum Gasteiger partial charge on any atom is 0.260 e. The van der Waals surface area contributed by atoms with E-state index in [1.54, 1.807) is 0 Å². The minimum absolute atomic E-state index is 0.419. The zero-order chi connectivity index (χ0) is 15.9. The summed E-state index contributed by atoms with van der Waals surface area (Å²) in [6.45, 7) is 1.89. The van der Waals surface area contributed by atoms with Gasteiger partial charge in [0.2, 0.25) is 0 Å². The molecule has 8 heteroatoms. The number of carbonyl (C=O) groups excluding carboxylic acids is 1. The van der Waals surface area contributed by atoms with Gasteiger partial charge < -0.3 is 21.3 Å². The van der Waals surface area contributed by atoms with Crippen LogP contribution < -0.4 is 21.3 Å².